The zero-order valence-corrected chi connectivity index (χ0v) is 44.8. The Hall–Kier alpha value is -4.63. The maximum absolute atomic E-state index is 14.7. The highest BCUT2D eigenvalue weighted by Crippen LogP contribution is 2.31. The number of hydrogen-bond donors (Lipinski definition) is 5. The van der Waals surface area contributed by atoms with Crippen LogP contribution < -0.4 is 21.4 Å². The van der Waals surface area contributed by atoms with Crippen molar-refractivity contribution in [2.45, 2.75) is 142 Å². The van der Waals surface area contributed by atoms with E-state index >= 15 is 0 Å². The van der Waals surface area contributed by atoms with E-state index in [0.29, 0.717) is 22.8 Å². The molecule has 1 aliphatic heterocycles. The van der Waals surface area contributed by atoms with Gasteiger partial charge in [0.05, 0.1) is 51.8 Å². The summed E-state index contributed by atoms with van der Waals surface area (Å²) in [5.74, 6) is -4.85. The lowest BCUT2D eigenvalue weighted by Crippen LogP contribution is -2.57. The fourth-order valence-corrected chi connectivity index (χ4v) is 9.85. The average molecular weight is 1120 g/mol. The first-order chi connectivity index (χ1) is 33.8. The Kier molecular flexibility index (Phi) is 22.6. The number of likely N-dealkylation sites (tertiary alicyclic amines) is 1. The molecule has 1 aromatic heterocycles. The number of amides is 4. The number of thiazole rings is 1. The van der Waals surface area contributed by atoms with E-state index < -0.39 is 52.6 Å². The van der Waals surface area contributed by atoms with Gasteiger partial charge in [-0.1, -0.05) is 90.0 Å². The van der Waals surface area contributed by atoms with Crippen LogP contribution in [0.15, 0.2) is 60.1 Å². The topological polar surface area (TPSA) is 165 Å². The van der Waals surface area contributed by atoms with Crippen molar-refractivity contribution < 1.29 is 42.3 Å². The summed E-state index contributed by atoms with van der Waals surface area (Å²) in [4.78, 5) is 68.1. The Morgan fingerprint density at radius 3 is 2.17 bits per heavy atom. The number of carbonyl (C=O) groups excluding carboxylic acids is 4. The van der Waals surface area contributed by atoms with Crippen LogP contribution in [0.3, 0.4) is 0 Å². The van der Waals surface area contributed by atoms with Crippen molar-refractivity contribution in [2.24, 2.45) is 5.41 Å². The molecule has 0 saturated carbocycles. The van der Waals surface area contributed by atoms with E-state index in [1.165, 1.54) is 17.0 Å². The first-order valence-electron chi connectivity index (χ1n) is 24.7. The lowest BCUT2D eigenvalue weighted by molar-refractivity contribution is -0.144. The molecule has 2 heterocycles. The maximum Gasteiger partial charge on any atom is 0.277 e. The monoisotopic (exact) mass is 1120 g/mol. The van der Waals surface area contributed by atoms with Crippen molar-refractivity contribution >= 4 is 68.9 Å². The summed E-state index contributed by atoms with van der Waals surface area (Å²) in [6, 6.07) is 12.1. The van der Waals surface area contributed by atoms with Crippen LogP contribution in [-0.4, -0.2) is 95.0 Å². The molecule has 5 N–H and O–H groups in total. The van der Waals surface area contributed by atoms with Gasteiger partial charge >= 0.3 is 0 Å². The third kappa shape index (κ3) is 17.5. The predicted octanol–water partition coefficient (Wildman–Crippen LogP) is 10.5. The standard InChI is InChI=1S/C53H71F3IN7O6S/c1-34(36-19-21-37(22-20-36)48-35(2)58-33-71-48)59-51(68)44-31-39(65)32-64(44)52(69)49(53(3,4)5)61-45(66)18-14-12-10-8-7-9-11-13-15-27-63(6)28-16-17-29-70-62-50(67)40-24-25-41(54)46(56)47(40)60-43-26-23-38(57)30-42(43)55/h19-26,30,33-34,39,44,49,60,65H,7-18,27-29,31-32H2,1-6H3,(H,59,68)(H,61,66)(H,62,67)/t34-,39+,44-,49+/m0/s1. The first kappa shape index (κ1) is 57.3. The molecule has 0 unspecified atom stereocenters. The molecule has 0 aliphatic carbocycles. The zero-order chi connectivity index (χ0) is 51.7. The summed E-state index contributed by atoms with van der Waals surface area (Å²) in [5.41, 5.74) is 5.59. The Morgan fingerprint density at radius 1 is 0.887 bits per heavy atom. The highest BCUT2D eigenvalue weighted by Gasteiger charge is 2.44. The average Bonchev–Trinajstić information content (AvgIpc) is 3.95. The van der Waals surface area contributed by atoms with Gasteiger partial charge in [0.1, 0.15) is 17.9 Å². The van der Waals surface area contributed by atoms with Gasteiger partial charge in [-0.3, -0.25) is 24.0 Å². The number of β-amino-alcohol motifs (C(OH)–C–C–N with tert-alkyl or cyclic N) is 1. The van der Waals surface area contributed by atoms with E-state index in [4.69, 9.17) is 4.84 Å². The Morgan fingerprint density at radius 2 is 1.54 bits per heavy atom. The largest absolute Gasteiger partial charge is 0.391 e. The number of aliphatic hydroxyl groups excluding tert-OH is 1. The molecule has 0 spiro atoms. The Balaban J connectivity index is 0.898. The van der Waals surface area contributed by atoms with E-state index in [1.54, 1.807) is 17.4 Å². The van der Waals surface area contributed by atoms with Crippen LogP contribution in [0.2, 0.25) is 0 Å². The summed E-state index contributed by atoms with van der Waals surface area (Å²) < 4.78 is 43.8. The lowest BCUT2D eigenvalue weighted by Gasteiger charge is -2.35. The zero-order valence-electron chi connectivity index (χ0n) is 41.9. The van der Waals surface area contributed by atoms with Gasteiger partial charge in [0, 0.05) is 23.0 Å². The van der Waals surface area contributed by atoms with Gasteiger partial charge in [-0.2, -0.15) is 0 Å². The van der Waals surface area contributed by atoms with Crippen LogP contribution in [0.4, 0.5) is 24.5 Å². The highest BCUT2D eigenvalue weighted by atomic mass is 127. The molecule has 1 aliphatic rings. The van der Waals surface area contributed by atoms with E-state index in [1.807, 2.05) is 87.0 Å². The maximum atomic E-state index is 14.7. The minimum absolute atomic E-state index is 0.0214. The molecule has 4 amide bonds. The second kappa shape index (κ2) is 28.0. The molecular weight excluding hydrogens is 1050 g/mol. The number of aryl methyl sites for hydroxylation is 1. The third-order valence-corrected chi connectivity index (χ3v) is 14.4. The van der Waals surface area contributed by atoms with Crippen LogP contribution >= 0.6 is 33.9 Å². The molecule has 4 atom stereocenters. The predicted molar refractivity (Wildman–Crippen MR) is 281 cm³/mol. The number of halogens is 4. The van der Waals surface area contributed by atoms with Crippen LogP contribution in [0.5, 0.6) is 0 Å². The molecule has 3 aromatic carbocycles. The van der Waals surface area contributed by atoms with Gasteiger partial charge in [-0.05, 0) is 129 Å². The highest BCUT2D eigenvalue weighted by molar-refractivity contribution is 14.1. The second-order valence-corrected chi connectivity index (χ2v) is 21.7. The SMILES string of the molecule is Cc1ncsc1-c1ccc([C@H](C)NC(=O)[C@@H]2C[C@@H](O)CN2C(=O)[C@@H](NC(=O)CCCCCCCCCCCN(C)CCCCONC(=O)c2ccc(F)c(F)c2Nc2ccc(I)cc2F)C(C)(C)C)cc1. The molecule has 18 heteroatoms. The van der Waals surface area contributed by atoms with Crippen molar-refractivity contribution in [1.82, 2.24) is 30.9 Å². The molecule has 0 radical (unpaired) electrons. The van der Waals surface area contributed by atoms with Gasteiger partial charge in [-0.25, -0.2) is 23.6 Å². The second-order valence-electron chi connectivity index (χ2n) is 19.6. The number of aliphatic hydroxyl groups is 1. The van der Waals surface area contributed by atoms with Crippen molar-refractivity contribution in [3.8, 4) is 10.4 Å². The number of unbranched alkanes of at least 4 members (excludes halogenated alkanes) is 9. The fourth-order valence-electron chi connectivity index (χ4n) is 8.58. The van der Waals surface area contributed by atoms with Gasteiger partial charge in [-0.15, -0.1) is 11.3 Å². The van der Waals surface area contributed by atoms with Crippen LogP contribution in [-0.2, 0) is 19.2 Å². The number of hydroxylamine groups is 1. The van der Waals surface area contributed by atoms with Gasteiger partial charge in [0.2, 0.25) is 17.7 Å². The molecule has 71 heavy (non-hydrogen) atoms. The molecule has 4 aromatic rings. The van der Waals surface area contributed by atoms with Crippen LogP contribution in [0.1, 0.15) is 139 Å². The quantitative estimate of drug-likeness (QED) is 0.0222. The summed E-state index contributed by atoms with van der Waals surface area (Å²) >= 11 is 3.51. The third-order valence-electron chi connectivity index (χ3n) is 12.7. The van der Waals surface area contributed by atoms with Crippen LogP contribution in [0.25, 0.3) is 10.4 Å². The van der Waals surface area contributed by atoms with Crippen molar-refractivity contribution in [3.63, 3.8) is 0 Å². The Bertz CT molecular complexity index is 2390. The Labute approximate surface area is 434 Å². The summed E-state index contributed by atoms with van der Waals surface area (Å²) in [6.07, 6.45) is 10.5. The molecular formula is C53H71F3IN7O6S. The molecule has 0 bridgehead atoms. The molecule has 1 saturated heterocycles. The summed E-state index contributed by atoms with van der Waals surface area (Å²) in [5, 5.41) is 19.2. The van der Waals surface area contributed by atoms with Gasteiger partial charge in [0.25, 0.3) is 5.91 Å². The minimum Gasteiger partial charge on any atom is -0.391 e. The summed E-state index contributed by atoms with van der Waals surface area (Å²) in [7, 11) is 2.07. The number of carbonyl (C=O) groups is 4. The van der Waals surface area contributed by atoms with E-state index in [2.05, 4.69) is 38.4 Å². The molecule has 388 valence electrons. The van der Waals surface area contributed by atoms with Crippen molar-refractivity contribution in [1.29, 1.82) is 0 Å². The fraction of sp³-hybridized carbons (Fsp3) is 0.528. The smallest absolute Gasteiger partial charge is 0.277 e. The van der Waals surface area contributed by atoms with Crippen molar-refractivity contribution in [3.05, 3.63) is 98.0 Å². The molecule has 13 nitrogen and oxygen atoms in total. The number of aromatic nitrogens is 1. The molecule has 5 rings (SSSR count). The molecule has 1 fully saturated rings. The number of benzene rings is 3. The van der Waals surface area contributed by atoms with E-state index in [9.17, 15) is 37.5 Å². The minimum atomic E-state index is -1.30. The van der Waals surface area contributed by atoms with Crippen molar-refractivity contribution in [2.75, 3.05) is 38.6 Å². The van der Waals surface area contributed by atoms with Gasteiger partial charge in [0.15, 0.2) is 11.6 Å². The lowest BCUT2D eigenvalue weighted by atomic mass is 9.85. The number of nitrogens with zero attached hydrogens (tertiary/aromatic N) is 3. The number of anilines is 2. The van der Waals surface area contributed by atoms with E-state index in [-0.39, 0.29) is 54.6 Å². The summed E-state index contributed by atoms with van der Waals surface area (Å²) in [6.45, 7) is 11.6. The van der Waals surface area contributed by atoms with E-state index in [0.717, 1.165) is 105 Å². The first-order valence-corrected chi connectivity index (χ1v) is 26.7. The number of hydrogen-bond acceptors (Lipinski definition) is 10. The van der Waals surface area contributed by atoms with Crippen LogP contribution in [0, 0.1) is 33.4 Å². The normalized spacial score (nSPS) is 15.7. The number of nitrogens with one attached hydrogen (secondary N) is 4. The van der Waals surface area contributed by atoms with Gasteiger partial charge < -0.3 is 30.9 Å². The number of rotatable bonds is 27.